The Morgan fingerprint density at radius 1 is 0.952 bits per heavy atom. The van der Waals surface area contributed by atoms with Gasteiger partial charge in [-0.05, 0) is 30.1 Å². The summed E-state index contributed by atoms with van der Waals surface area (Å²) in [5.74, 6) is 0.630. The van der Waals surface area contributed by atoms with Crippen LogP contribution in [-0.2, 0) is 9.59 Å². The van der Waals surface area contributed by atoms with Gasteiger partial charge in [-0.3, -0.25) is 4.79 Å². The average molecular weight is 297 g/mol. The molecular formula is C18H35NO2. The zero-order valence-electron chi connectivity index (χ0n) is 15.5. The van der Waals surface area contributed by atoms with Crippen LogP contribution in [0.25, 0.3) is 0 Å². The van der Waals surface area contributed by atoms with Crippen LogP contribution in [0.1, 0.15) is 75.2 Å². The maximum Gasteiger partial charge on any atom is 0.225 e. The van der Waals surface area contributed by atoms with Crippen LogP contribution in [-0.4, -0.2) is 18.2 Å². The molecule has 0 bridgehead atoms. The minimum Gasteiger partial charge on any atom is -0.355 e. The van der Waals surface area contributed by atoms with Crippen LogP contribution >= 0.6 is 0 Å². The Bertz CT molecular complexity index is 379. The molecule has 0 aromatic carbocycles. The number of ketones is 1. The maximum atomic E-state index is 12.3. The summed E-state index contributed by atoms with van der Waals surface area (Å²) in [7, 11) is 0. The predicted octanol–water partition coefficient (Wildman–Crippen LogP) is 4.21. The molecule has 0 spiro atoms. The van der Waals surface area contributed by atoms with E-state index in [2.05, 4.69) is 46.9 Å². The number of Topliss-reactive ketones (excluding diaryl/α,β-unsaturated/α-hetero) is 1. The summed E-state index contributed by atoms with van der Waals surface area (Å²) in [6.45, 7) is 18.9. The molecule has 0 aliphatic heterocycles. The highest BCUT2D eigenvalue weighted by molar-refractivity contribution is 5.82. The first-order valence-electron chi connectivity index (χ1n) is 7.97. The van der Waals surface area contributed by atoms with Gasteiger partial charge in [0.1, 0.15) is 5.78 Å². The van der Waals surface area contributed by atoms with Gasteiger partial charge in [0.05, 0.1) is 0 Å². The van der Waals surface area contributed by atoms with Crippen LogP contribution in [0, 0.1) is 22.2 Å². The van der Waals surface area contributed by atoms with Crippen molar-refractivity contribution in [3.8, 4) is 0 Å². The molecule has 21 heavy (non-hydrogen) atoms. The molecule has 1 N–H and O–H groups in total. The number of carbonyl (C=O) groups excluding carboxylic acids is 2. The molecule has 3 nitrogen and oxygen atoms in total. The number of rotatable bonds is 8. The lowest BCUT2D eigenvalue weighted by atomic mass is 9.72. The first-order valence-corrected chi connectivity index (χ1v) is 7.97. The molecular weight excluding hydrogens is 262 g/mol. The van der Waals surface area contributed by atoms with E-state index < -0.39 is 0 Å². The van der Waals surface area contributed by atoms with Gasteiger partial charge in [0.25, 0.3) is 0 Å². The molecule has 0 heterocycles. The minimum atomic E-state index is -0.356. The fraction of sp³-hybridized carbons (Fsp3) is 0.889. The van der Waals surface area contributed by atoms with Gasteiger partial charge >= 0.3 is 0 Å². The van der Waals surface area contributed by atoms with Crippen LogP contribution in [0.5, 0.6) is 0 Å². The van der Waals surface area contributed by atoms with Crippen LogP contribution in [0.15, 0.2) is 0 Å². The van der Waals surface area contributed by atoms with E-state index in [1.807, 2.05) is 13.8 Å². The lowest BCUT2D eigenvalue weighted by molar-refractivity contribution is -0.132. The van der Waals surface area contributed by atoms with Crippen LogP contribution in [0.3, 0.4) is 0 Å². The summed E-state index contributed by atoms with van der Waals surface area (Å²) < 4.78 is 0. The zero-order valence-corrected chi connectivity index (χ0v) is 15.5. The van der Waals surface area contributed by atoms with Crippen molar-refractivity contribution in [2.75, 3.05) is 6.54 Å². The molecule has 0 saturated heterocycles. The second kappa shape index (κ2) is 6.93. The van der Waals surface area contributed by atoms with Crippen molar-refractivity contribution in [1.29, 1.82) is 0 Å². The summed E-state index contributed by atoms with van der Waals surface area (Å²) in [5.41, 5.74) is -0.416. The standard InChI is InChI=1S/C18H35NO2/c1-13(2)18(8,9)15(21)19-12-17(6,7)11-16(4,5)10-14(3)20/h13H,10-12H2,1-9H3,(H,19,21). The van der Waals surface area contributed by atoms with Crippen LogP contribution in [0.4, 0.5) is 0 Å². The molecule has 0 unspecified atom stereocenters. The van der Waals surface area contributed by atoms with Crippen molar-refractivity contribution in [1.82, 2.24) is 5.32 Å². The highest BCUT2D eigenvalue weighted by Crippen LogP contribution is 2.36. The minimum absolute atomic E-state index is 0.0261. The van der Waals surface area contributed by atoms with E-state index in [0.29, 0.717) is 18.9 Å². The quantitative estimate of drug-likeness (QED) is 0.729. The van der Waals surface area contributed by atoms with Crippen LogP contribution < -0.4 is 5.32 Å². The average Bonchev–Trinajstić information content (AvgIpc) is 2.21. The van der Waals surface area contributed by atoms with Gasteiger partial charge in [-0.15, -0.1) is 0 Å². The number of hydrogen-bond acceptors (Lipinski definition) is 2. The van der Waals surface area contributed by atoms with Crippen molar-refractivity contribution < 1.29 is 9.59 Å². The Morgan fingerprint density at radius 3 is 1.81 bits per heavy atom. The summed E-state index contributed by atoms with van der Waals surface area (Å²) >= 11 is 0. The molecule has 0 aromatic heterocycles. The van der Waals surface area contributed by atoms with Crippen molar-refractivity contribution >= 4 is 11.7 Å². The topological polar surface area (TPSA) is 46.2 Å². The predicted molar refractivity (Wildman–Crippen MR) is 89.1 cm³/mol. The van der Waals surface area contributed by atoms with Crippen molar-refractivity contribution in [2.45, 2.75) is 75.2 Å². The third kappa shape index (κ3) is 7.10. The van der Waals surface area contributed by atoms with E-state index in [4.69, 9.17) is 0 Å². The first kappa shape index (κ1) is 20.1. The number of nitrogens with one attached hydrogen (secondary N) is 1. The molecule has 0 radical (unpaired) electrons. The van der Waals surface area contributed by atoms with Gasteiger partial charge in [-0.25, -0.2) is 0 Å². The first-order chi connectivity index (χ1) is 9.19. The molecule has 1 amide bonds. The fourth-order valence-corrected chi connectivity index (χ4v) is 2.90. The third-order valence-electron chi connectivity index (χ3n) is 4.44. The van der Waals surface area contributed by atoms with Crippen molar-refractivity contribution in [2.24, 2.45) is 22.2 Å². The van der Waals surface area contributed by atoms with Gasteiger partial charge < -0.3 is 10.1 Å². The van der Waals surface area contributed by atoms with Crippen molar-refractivity contribution in [3.05, 3.63) is 0 Å². The summed E-state index contributed by atoms with van der Waals surface area (Å²) in [5, 5.41) is 3.10. The third-order valence-corrected chi connectivity index (χ3v) is 4.44. The van der Waals surface area contributed by atoms with E-state index in [1.165, 1.54) is 0 Å². The Morgan fingerprint density at radius 2 is 1.43 bits per heavy atom. The monoisotopic (exact) mass is 297 g/mol. The van der Waals surface area contributed by atoms with E-state index in [9.17, 15) is 9.59 Å². The number of carbonyl (C=O) groups is 2. The van der Waals surface area contributed by atoms with E-state index >= 15 is 0 Å². The molecule has 3 heteroatoms. The smallest absolute Gasteiger partial charge is 0.225 e. The molecule has 0 saturated carbocycles. The Hall–Kier alpha value is -0.860. The van der Waals surface area contributed by atoms with Crippen LogP contribution in [0.2, 0.25) is 0 Å². The highest BCUT2D eigenvalue weighted by atomic mass is 16.2. The molecule has 0 aliphatic rings. The molecule has 0 atom stereocenters. The Balaban J connectivity index is 4.63. The molecule has 0 aliphatic carbocycles. The lowest BCUT2D eigenvalue weighted by Gasteiger charge is -2.36. The van der Waals surface area contributed by atoms with E-state index in [-0.39, 0.29) is 27.9 Å². The highest BCUT2D eigenvalue weighted by Gasteiger charge is 2.34. The molecule has 0 aromatic rings. The van der Waals surface area contributed by atoms with Gasteiger partial charge in [-0.2, -0.15) is 0 Å². The van der Waals surface area contributed by atoms with Gasteiger partial charge in [0, 0.05) is 18.4 Å². The number of hydrogen-bond donors (Lipinski definition) is 1. The lowest BCUT2D eigenvalue weighted by Crippen LogP contribution is -2.44. The maximum absolute atomic E-state index is 12.3. The Labute approximate surface area is 131 Å². The molecule has 124 valence electrons. The van der Waals surface area contributed by atoms with E-state index in [0.717, 1.165) is 6.42 Å². The Kier molecular flexibility index (Phi) is 6.65. The second-order valence-electron chi connectivity index (χ2n) is 8.94. The SMILES string of the molecule is CC(=O)CC(C)(C)CC(C)(C)CNC(=O)C(C)(C)C(C)C. The van der Waals surface area contributed by atoms with Gasteiger partial charge in [-0.1, -0.05) is 55.4 Å². The summed E-state index contributed by atoms with van der Waals surface area (Å²) in [4.78, 5) is 23.7. The van der Waals surface area contributed by atoms with E-state index in [1.54, 1.807) is 6.92 Å². The molecule has 0 rings (SSSR count). The molecule has 0 fully saturated rings. The summed E-state index contributed by atoms with van der Waals surface area (Å²) in [6.07, 6.45) is 1.49. The van der Waals surface area contributed by atoms with Crippen molar-refractivity contribution in [3.63, 3.8) is 0 Å². The number of amides is 1. The van der Waals surface area contributed by atoms with Gasteiger partial charge in [0.2, 0.25) is 5.91 Å². The summed E-state index contributed by atoms with van der Waals surface area (Å²) in [6, 6.07) is 0. The normalized spacial score (nSPS) is 13.4. The zero-order chi connectivity index (χ0) is 17.1. The largest absolute Gasteiger partial charge is 0.355 e. The fourth-order valence-electron chi connectivity index (χ4n) is 2.90. The van der Waals surface area contributed by atoms with Gasteiger partial charge in [0.15, 0.2) is 0 Å². The second-order valence-corrected chi connectivity index (χ2v) is 8.94.